The number of halogens is 6. The number of hydrogen-bond donors (Lipinski definition) is 1. The van der Waals surface area contributed by atoms with Crippen LogP contribution in [0.3, 0.4) is 0 Å². The van der Waals surface area contributed by atoms with Crippen LogP contribution < -0.4 is 5.73 Å². The lowest BCUT2D eigenvalue weighted by Crippen LogP contribution is -2.06. The van der Waals surface area contributed by atoms with E-state index >= 15 is 0 Å². The van der Waals surface area contributed by atoms with E-state index in [1.165, 1.54) is 6.07 Å². The topological polar surface area (TPSA) is 38.9 Å². The molecule has 1 heterocycles. The van der Waals surface area contributed by atoms with Gasteiger partial charge in [-0.25, -0.2) is 26.9 Å². The first kappa shape index (κ1) is 14.5. The SMILES string of the molecule is Nc1nc(CCl)ccc1-c1c(F)c(F)c(F)c(F)c1F. The number of anilines is 1. The maximum atomic E-state index is 13.6. The lowest BCUT2D eigenvalue weighted by molar-refractivity contribution is 0.381. The number of hydrogen-bond acceptors (Lipinski definition) is 2. The first-order chi connectivity index (χ1) is 9.38. The Morgan fingerprint density at radius 3 is 1.85 bits per heavy atom. The number of benzene rings is 1. The summed E-state index contributed by atoms with van der Waals surface area (Å²) < 4.78 is 66.4. The normalized spacial score (nSPS) is 10.9. The van der Waals surface area contributed by atoms with Gasteiger partial charge in [0.1, 0.15) is 5.82 Å². The van der Waals surface area contributed by atoms with E-state index in [-0.39, 0.29) is 11.7 Å². The molecule has 0 saturated carbocycles. The zero-order valence-corrected chi connectivity index (χ0v) is 10.4. The maximum absolute atomic E-state index is 13.6. The minimum absolute atomic E-state index is 0.0123. The van der Waals surface area contributed by atoms with Gasteiger partial charge in [-0.15, -0.1) is 11.6 Å². The lowest BCUT2D eigenvalue weighted by atomic mass is 10.0. The van der Waals surface area contributed by atoms with Crippen LogP contribution in [0.5, 0.6) is 0 Å². The number of pyridine rings is 1. The molecule has 0 aliphatic carbocycles. The van der Waals surface area contributed by atoms with Gasteiger partial charge in [-0.2, -0.15) is 0 Å². The predicted molar refractivity (Wildman–Crippen MR) is 63.4 cm³/mol. The third-order valence-corrected chi connectivity index (χ3v) is 2.87. The number of nitrogens with two attached hydrogens (primary N) is 1. The Kier molecular flexibility index (Phi) is 3.80. The number of alkyl halides is 1. The van der Waals surface area contributed by atoms with E-state index < -0.39 is 40.2 Å². The molecular formula is C12H6ClF5N2. The van der Waals surface area contributed by atoms with Crippen LogP contribution in [-0.2, 0) is 5.88 Å². The highest BCUT2D eigenvalue weighted by Crippen LogP contribution is 2.34. The van der Waals surface area contributed by atoms with Crippen molar-refractivity contribution in [2.45, 2.75) is 5.88 Å². The molecule has 2 rings (SSSR count). The smallest absolute Gasteiger partial charge is 0.200 e. The largest absolute Gasteiger partial charge is 0.383 e. The molecule has 1 aromatic heterocycles. The molecule has 2 nitrogen and oxygen atoms in total. The highest BCUT2D eigenvalue weighted by molar-refractivity contribution is 6.16. The van der Waals surface area contributed by atoms with Crippen molar-refractivity contribution in [2.75, 3.05) is 5.73 Å². The zero-order chi connectivity index (χ0) is 15.0. The second-order valence-electron chi connectivity index (χ2n) is 3.81. The molecule has 2 aromatic rings. The first-order valence-corrected chi connectivity index (χ1v) is 5.75. The average Bonchev–Trinajstić information content (AvgIpc) is 2.44. The molecule has 0 bridgehead atoms. The fourth-order valence-electron chi connectivity index (χ4n) is 1.64. The van der Waals surface area contributed by atoms with Crippen molar-refractivity contribution < 1.29 is 22.0 Å². The molecule has 8 heteroatoms. The second kappa shape index (κ2) is 5.24. The van der Waals surface area contributed by atoms with Gasteiger partial charge < -0.3 is 5.73 Å². The van der Waals surface area contributed by atoms with Gasteiger partial charge in [0.05, 0.1) is 17.1 Å². The molecule has 0 fully saturated rings. The standard InChI is InChI=1S/C12H6ClF5N2/c13-3-4-1-2-5(12(19)20-4)6-7(14)9(16)11(18)10(17)8(6)15/h1-2H,3H2,(H2,19,20). The second-order valence-corrected chi connectivity index (χ2v) is 4.08. The fraction of sp³-hybridized carbons (Fsp3) is 0.0833. The van der Waals surface area contributed by atoms with Gasteiger partial charge in [-0.05, 0) is 12.1 Å². The van der Waals surface area contributed by atoms with Crippen molar-refractivity contribution >= 4 is 17.4 Å². The van der Waals surface area contributed by atoms with Crippen LogP contribution in [-0.4, -0.2) is 4.98 Å². The molecule has 0 radical (unpaired) electrons. The van der Waals surface area contributed by atoms with Crippen molar-refractivity contribution in [1.82, 2.24) is 4.98 Å². The summed E-state index contributed by atoms with van der Waals surface area (Å²) in [6.07, 6.45) is 0. The molecule has 0 atom stereocenters. The summed E-state index contributed by atoms with van der Waals surface area (Å²) in [5, 5.41) is 0. The highest BCUT2D eigenvalue weighted by Gasteiger charge is 2.27. The van der Waals surface area contributed by atoms with Crippen molar-refractivity contribution in [3.63, 3.8) is 0 Å². The number of nitrogens with zero attached hydrogens (tertiary/aromatic N) is 1. The third-order valence-electron chi connectivity index (χ3n) is 2.60. The van der Waals surface area contributed by atoms with Crippen LogP contribution in [0.4, 0.5) is 27.8 Å². The van der Waals surface area contributed by atoms with Crippen LogP contribution >= 0.6 is 11.6 Å². The monoisotopic (exact) mass is 308 g/mol. The molecule has 0 amide bonds. The van der Waals surface area contributed by atoms with Gasteiger partial charge in [0.25, 0.3) is 0 Å². The minimum Gasteiger partial charge on any atom is -0.383 e. The zero-order valence-electron chi connectivity index (χ0n) is 9.65. The van der Waals surface area contributed by atoms with Crippen LogP contribution in [0, 0.1) is 29.1 Å². The summed E-state index contributed by atoms with van der Waals surface area (Å²) in [7, 11) is 0. The summed E-state index contributed by atoms with van der Waals surface area (Å²) in [4.78, 5) is 3.71. The molecular weight excluding hydrogens is 303 g/mol. The van der Waals surface area contributed by atoms with Crippen molar-refractivity contribution in [3.05, 3.63) is 46.9 Å². The Labute approximate surface area is 115 Å². The maximum Gasteiger partial charge on any atom is 0.200 e. The molecule has 20 heavy (non-hydrogen) atoms. The minimum atomic E-state index is -2.23. The molecule has 0 aliphatic rings. The van der Waals surface area contributed by atoms with Crippen molar-refractivity contribution in [1.29, 1.82) is 0 Å². The van der Waals surface area contributed by atoms with Crippen molar-refractivity contribution in [3.8, 4) is 11.1 Å². The molecule has 0 unspecified atom stereocenters. The molecule has 106 valence electrons. The van der Waals surface area contributed by atoms with Gasteiger partial charge in [0, 0.05) is 5.56 Å². The Bertz CT molecular complexity index is 661. The quantitative estimate of drug-likeness (QED) is 0.397. The summed E-state index contributed by atoms with van der Waals surface area (Å²) in [6.45, 7) is 0. The number of nitrogen functional groups attached to an aromatic ring is 1. The Morgan fingerprint density at radius 1 is 0.900 bits per heavy atom. The summed E-state index contributed by atoms with van der Waals surface area (Å²) in [6, 6.07) is 2.37. The predicted octanol–water partition coefficient (Wildman–Crippen LogP) is 3.77. The van der Waals surface area contributed by atoms with Crippen molar-refractivity contribution in [2.24, 2.45) is 0 Å². The van der Waals surface area contributed by atoms with E-state index in [9.17, 15) is 22.0 Å². The molecule has 0 spiro atoms. The van der Waals surface area contributed by atoms with Gasteiger partial charge in [-0.1, -0.05) is 0 Å². The number of aromatic nitrogens is 1. The van der Waals surface area contributed by atoms with E-state index in [1.807, 2.05) is 0 Å². The third kappa shape index (κ3) is 2.18. The summed E-state index contributed by atoms with van der Waals surface area (Å²) in [5.41, 5.74) is 4.25. The first-order valence-electron chi connectivity index (χ1n) is 5.21. The molecule has 2 N–H and O–H groups in total. The van der Waals surface area contributed by atoms with E-state index in [0.717, 1.165) is 6.07 Å². The van der Waals surface area contributed by atoms with Crippen LogP contribution in [0.2, 0.25) is 0 Å². The summed E-state index contributed by atoms with van der Waals surface area (Å²) >= 11 is 5.50. The average molecular weight is 309 g/mol. The van der Waals surface area contributed by atoms with Crippen LogP contribution in [0.15, 0.2) is 12.1 Å². The Balaban J connectivity index is 2.76. The molecule has 0 saturated heterocycles. The van der Waals surface area contributed by atoms with E-state index in [1.54, 1.807) is 0 Å². The van der Waals surface area contributed by atoms with Gasteiger partial charge in [-0.3, -0.25) is 0 Å². The Morgan fingerprint density at radius 2 is 1.40 bits per heavy atom. The van der Waals surface area contributed by atoms with Crippen LogP contribution in [0.25, 0.3) is 11.1 Å². The summed E-state index contributed by atoms with van der Waals surface area (Å²) in [5.74, 6) is -10.6. The lowest BCUT2D eigenvalue weighted by Gasteiger charge is -2.10. The van der Waals surface area contributed by atoms with E-state index in [4.69, 9.17) is 17.3 Å². The van der Waals surface area contributed by atoms with E-state index in [2.05, 4.69) is 4.98 Å². The highest BCUT2D eigenvalue weighted by atomic mass is 35.5. The Hall–Kier alpha value is -1.89. The van der Waals surface area contributed by atoms with Gasteiger partial charge in [0.2, 0.25) is 5.82 Å². The van der Waals surface area contributed by atoms with Gasteiger partial charge >= 0.3 is 0 Å². The van der Waals surface area contributed by atoms with Crippen LogP contribution in [0.1, 0.15) is 5.69 Å². The van der Waals surface area contributed by atoms with E-state index in [0.29, 0.717) is 5.69 Å². The fourth-order valence-corrected chi connectivity index (χ4v) is 1.79. The molecule has 0 aliphatic heterocycles. The number of rotatable bonds is 2. The van der Waals surface area contributed by atoms with Gasteiger partial charge in [0.15, 0.2) is 23.3 Å². The molecule has 1 aromatic carbocycles.